The minimum absolute atomic E-state index is 0.0959. The molecule has 3 aromatic rings. The highest BCUT2D eigenvalue weighted by atomic mass is 19.1. The molecule has 1 N–H and O–H groups in total. The van der Waals surface area contributed by atoms with Crippen molar-refractivity contribution < 1.29 is 13.6 Å². The summed E-state index contributed by atoms with van der Waals surface area (Å²) in [5, 5.41) is 10.8. The highest BCUT2D eigenvalue weighted by molar-refractivity contribution is 5.93. The van der Waals surface area contributed by atoms with E-state index in [1.807, 2.05) is 31.1 Å². The van der Waals surface area contributed by atoms with Gasteiger partial charge in [-0.2, -0.15) is 0 Å². The van der Waals surface area contributed by atoms with E-state index in [2.05, 4.69) is 15.6 Å². The van der Waals surface area contributed by atoms with Gasteiger partial charge in [-0.25, -0.2) is 9.07 Å². The van der Waals surface area contributed by atoms with Crippen LogP contribution in [0.5, 0.6) is 0 Å². The fourth-order valence-electron chi connectivity index (χ4n) is 2.66. The van der Waals surface area contributed by atoms with Crippen LogP contribution < -0.4 is 5.32 Å². The van der Waals surface area contributed by atoms with E-state index in [1.165, 1.54) is 16.8 Å². The van der Waals surface area contributed by atoms with Crippen LogP contribution in [0.3, 0.4) is 0 Å². The molecule has 0 aliphatic rings. The van der Waals surface area contributed by atoms with Crippen molar-refractivity contribution in [3.63, 3.8) is 0 Å². The molecule has 0 saturated heterocycles. The molecule has 136 valence electrons. The Kier molecular flexibility index (Phi) is 5.13. The van der Waals surface area contributed by atoms with Crippen LogP contribution >= 0.6 is 0 Å². The summed E-state index contributed by atoms with van der Waals surface area (Å²) in [6, 6.07) is 9.41. The highest BCUT2D eigenvalue weighted by Crippen LogP contribution is 2.18. The van der Waals surface area contributed by atoms with Crippen LogP contribution in [0.1, 0.15) is 28.0 Å². The fourth-order valence-corrected chi connectivity index (χ4v) is 2.66. The molecule has 0 fully saturated rings. The number of likely N-dealkylation sites (N-methyl/N-ethyl adjacent to an activating group) is 1. The monoisotopic (exact) mass is 357 g/mol. The Balaban J connectivity index is 1.73. The maximum atomic E-state index is 13.1. The zero-order chi connectivity index (χ0) is 18.7. The Bertz CT molecular complexity index is 872. The molecule has 0 radical (unpaired) electrons. The van der Waals surface area contributed by atoms with E-state index in [0.29, 0.717) is 17.9 Å². The van der Waals surface area contributed by atoms with Crippen molar-refractivity contribution in [2.45, 2.75) is 13.0 Å². The molecular formula is C18H20FN5O2. The summed E-state index contributed by atoms with van der Waals surface area (Å²) in [6.45, 7) is 2.11. The molecule has 8 heteroatoms. The fraction of sp³-hybridized carbons (Fsp3) is 0.278. The number of rotatable bonds is 6. The summed E-state index contributed by atoms with van der Waals surface area (Å²) >= 11 is 0. The molecule has 1 atom stereocenters. The molecule has 2 heterocycles. The van der Waals surface area contributed by atoms with E-state index < -0.39 is 0 Å². The number of furan rings is 1. The number of hydrogen-bond donors (Lipinski definition) is 1. The molecule has 2 aromatic heterocycles. The first-order chi connectivity index (χ1) is 12.5. The lowest BCUT2D eigenvalue weighted by molar-refractivity contribution is 0.0933. The van der Waals surface area contributed by atoms with Gasteiger partial charge in [-0.05, 0) is 57.4 Å². The van der Waals surface area contributed by atoms with Gasteiger partial charge in [0.1, 0.15) is 11.6 Å². The zero-order valence-electron chi connectivity index (χ0n) is 14.8. The summed E-state index contributed by atoms with van der Waals surface area (Å²) < 4.78 is 20.0. The largest absolute Gasteiger partial charge is 0.468 e. The first-order valence-corrected chi connectivity index (χ1v) is 8.13. The van der Waals surface area contributed by atoms with E-state index in [-0.39, 0.29) is 23.5 Å². The van der Waals surface area contributed by atoms with Gasteiger partial charge >= 0.3 is 0 Å². The third-order valence-corrected chi connectivity index (χ3v) is 4.13. The van der Waals surface area contributed by atoms with E-state index in [9.17, 15) is 9.18 Å². The summed E-state index contributed by atoms with van der Waals surface area (Å²) in [4.78, 5) is 14.5. The van der Waals surface area contributed by atoms with Gasteiger partial charge in [0.25, 0.3) is 5.91 Å². The Hall–Kier alpha value is -3.00. The lowest BCUT2D eigenvalue weighted by Crippen LogP contribution is -2.34. The van der Waals surface area contributed by atoms with Gasteiger partial charge in [0.05, 0.1) is 23.7 Å². The lowest BCUT2D eigenvalue weighted by atomic mass is 10.2. The zero-order valence-corrected chi connectivity index (χ0v) is 14.8. The molecule has 0 aliphatic carbocycles. The predicted molar refractivity (Wildman–Crippen MR) is 93.5 cm³/mol. The van der Waals surface area contributed by atoms with Crippen molar-refractivity contribution in [2.75, 3.05) is 20.6 Å². The Labute approximate surface area is 150 Å². The van der Waals surface area contributed by atoms with Gasteiger partial charge in [0.2, 0.25) is 0 Å². The summed E-state index contributed by atoms with van der Waals surface area (Å²) in [6.07, 6.45) is 1.60. The second-order valence-corrected chi connectivity index (χ2v) is 6.12. The number of amides is 1. The number of halogens is 1. The van der Waals surface area contributed by atoms with Gasteiger partial charge < -0.3 is 9.73 Å². The van der Waals surface area contributed by atoms with Crippen molar-refractivity contribution in [2.24, 2.45) is 0 Å². The van der Waals surface area contributed by atoms with Crippen LogP contribution in [0, 0.1) is 12.7 Å². The number of carbonyl (C=O) groups is 1. The second-order valence-electron chi connectivity index (χ2n) is 6.12. The number of benzene rings is 1. The average Bonchev–Trinajstić information content (AvgIpc) is 3.25. The third kappa shape index (κ3) is 3.65. The van der Waals surface area contributed by atoms with Crippen LogP contribution in [-0.4, -0.2) is 46.4 Å². The van der Waals surface area contributed by atoms with Crippen LogP contribution in [-0.2, 0) is 0 Å². The first-order valence-electron chi connectivity index (χ1n) is 8.13. The normalized spacial score (nSPS) is 12.3. The highest BCUT2D eigenvalue weighted by Gasteiger charge is 2.21. The summed E-state index contributed by atoms with van der Waals surface area (Å²) in [5.41, 5.74) is 1.44. The molecule has 1 aromatic carbocycles. The topological polar surface area (TPSA) is 76.2 Å². The van der Waals surface area contributed by atoms with E-state index in [4.69, 9.17) is 4.42 Å². The lowest BCUT2D eigenvalue weighted by Gasteiger charge is -2.22. The maximum Gasteiger partial charge on any atom is 0.273 e. The Morgan fingerprint density at radius 1 is 1.31 bits per heavy atom. The van der Waals surface area contributed by atoms with E-state index in [0.717, 1.165) is 5.76 Å². The smallest absolute Gasteiger partial charge is 0.273 e. The van der Waals surface area contributed by atoms with Crippen molar-refractivity contribution in [3.8, 4) is 5.69 Å². The second kappa shape index (κ2) is 7.49. The molecule has 0 bridgehead atoms. The van der Waals surface area contributed by atoms with Crippen molar-refractivity contribution in [3.05, 3.63) is 65.6 Å². The van der Waals surface area contributed by atoms with Crippen molar-refractivity contribution in [1.29, 1.82) is 0 Å². The molecule has 0 unspecified atom stereocenters. The summed E-state index contributed by atoms with van der Waals surface area (Å²) in [5.74, 6) is 0.105. The number of carbonyl (C=O) groups excluding carboxylic acids is 1. The van der Waals surface area contributed by atoms with Gasteiger partial charge in [0.15, 0.2) is 5.69 Å². The number of nitrogens with one attached hydrogen (secondary N) is 1. The molecule has 3 rings (SSSR count). The Morgan fingerprint density at radius 2 is 2.04 bits per heavy atom. The Morgan fingerprint density at radius 3 is 2.65 bits per heavy atom. The van der Waals surface area contributed by atoms with Gasteiger partial charge in [-0.15, -0.1) is 5.10 Å². The maximum absolute atomic E-state index is 13.1. The number of nitrogens with zero attached hydrogens (tertiary/aromatic N) is 4. The minimum Gasteiger partial charge on any atom is -0.468 e. The van der Waals surface area contributed by atoms with Crippen molar-refractivity contribution in [1.82, 2.24) is 25.2 Å². The van der Waals surface area contributed by atoms with E-state index in [1.54, 1.807) is 25.3 Å². The van der Waals surface area contributed by atoms with Gasteiger partial charge in [0, 0.05) is 6.54 Å². The van der Waals surface area contributed by atoms with Crippen LogP contribution in [0.25, 0.3) is 5.69 Å². The molecule has 0 saturated carbocycles. The summed E-state index contributed by atoms with van der Waals surface area (Å²) in [7, 11) is 3.82. The van der Waals surface area contributed by atoms with E-state index >= 15 is 0 Å². The standard InChI is InChI=1S/C18H20FN5O2/c1-12-17(21-22-24(12)14-8-6-13(19)7-9-14)18(25)20-11-15(23(2)3)16-5-4-10-26-16/h4-10,15H,11H2,1-3H3,(H,20,25)/t15-/m1/s1. The van der Waals surface area contributed by atoms with Crippen LogP contribution in [0.4, 0.5) is 4.39 Å². The first kappa shape index (κ1) is 17.8. The SMILES string of the molecule is Cc1c(C(=O)NC[C@H](c2ccco2)N(C)C)nnn1-c1ccc(F)cc1. The quantitative estimate of drug-likeness (QED) is 0.733. The average molecular weight is 357 g/mol. The van der Waals surface area contributed by atoms with Gasteiger partial charge in [-0.3, -0.25) is 9.69 Å². The number of hydrogen-bond acceptors (Lipinski definition) is 5. The minimum atomic E-state index is -0.336. The number of aromatic nitrogens is 3. The van der Waals surface area contributed by atoms with Crippen LogP contribution in [0.15, 0.2) is 47.1 Å². The molecule has 7 nitrogen and oxygen atoms in total. The van der Waals surface area contributed by atoms with Crippen LogP contribution in [0.2, 0.25) is 0 Å². The third-order valence-electron chi connectivity index (χ3n) is 4.13. The van der Waals surface area contributed by atoms with Crippen molar-refractivity contribution >= 4 is 5.91 Å². The predicted octanol–water partition coefficient (Wildman–Crippen LogP) is 2.34. The molecule has 1 amide bonds. The van der Waals surface area contributed by atoms with Gasteiger partial charge in [-0.1, -0.05) is 5.21 Å². The molecule has 0 aliphatic heterocycles. The molecular weight excluding hydrogens is 337 g/mol. The molecule has 0 spiro atoms. The molecule has 26 heavy (non-hydrogen) atoms.